The van der Waals surface area contributed by atoms with Gasteiger partial charge < -0.3 is 19.7 Å². The van der Waals surface area contributed by atoms with Gasteiger partial charge in [0, 0.05) is 26.1 Å². The highest BCUT2D eigenvalue weighted by atomic mass is 16.5. The normalized spacial score (nSPS) is 11.9. The van der Waals surface area contributed by atoms with Crippen LogP contribution >= 0.6 is 0 Å². The molecular formula is C29H53N3O2. The summed E-state index contributed by atoms with van der Waals surface area (Å²) < 4.78 is 5.97. The molecule has 0 aliphatic carbocycles. The minimum Gasteiger partial charge on any atom is -0.494 e. The van der Waals surface area contributed by atoms with E-state index in [1.54, 1.807) is 0 Å². The first-order chi connectivity index (χ1) is 16.6. The molecule has 2 rings (SSSR count). The van der Waals surface area contributed by atoms with Crippen LogP contribution in [0.15, 0.2) is 34.8 Å². The first kappa shape index (κ1) is 34.0. The number of ether oxygens (including phenoxy) is 1. The Morgan fingerprint density at radius 3 is 2.44 bits per heavy atom. The number of rotatable bonds is 12. The highest BCUT2D eigenvalue weighted by molar-refractivity contribution is 5.94. The molecule has 1 N–H and O–H groups in total. The van der Waals surface area contributed by atoms with Crippen molar-refractivity contribution >= 4 is 12.1 Å². The first-order valence-electron chi connectivity index (χ1n) is 13.4. The third-order valence-corrected chi connectivity index (χ3v) is 4.82. The van der Waals surface area contributed by atoms with Gasteiger partial charge in [0.05, 0.1) is 6.61 Å². The zero-order valence-electron chi connectivity index (χ0n) is 23.7. The van der Waals surface area contributed by atoms with E-state index in [0.29, 0.717) is 13.0 Å². The summed E-state index contributed by atoms with van der Waals surface area (Å²) in [7, 11) is 2.14. The lowest BCUT2D eigenvalue weighted by molar-refractivity contribution is -0.107. The average Bonchev–Trinajstić information content (AvgIpc) is 2.87. The maximum Gasteiger partial charge on any atom is 0.120 e. The first-order valence-corrected chi connectivity index (χ1v) is 13.4. The van der Waals surface area contributed by atoms with Gasteiger partial charge >= 0.3 is 0 Å². The van der Waals surface area contributed by atoms with Crippen molar-refractivity contribution in [1.82, 2.24) is 10.2 Å². The van der Waals surface area contributed by atoms with E-state index in [2.05, 4.69) is 54.3 Å². The highest BCUT2D eigenvalue weighted by Gasteiger charge is 2.08. The fourth-order valence-corrected chi connectivity index (χ4v) is 3.34. The van der Waals surface area contributed by atoms with Crippen molar-refractivity contribution in [2.45, 2.75) is 94.0 Å². The molecule has 0 atom stereocenters. The Bertz CT molecular complexity index is 684. The summed E-state index contributed by atoms with van der Waals surface area (Å²) in [4.78, 5) is 17.6. The summed E-state index contributed by atoms with van der Waals surface area (Å²) in [5.41, 5.74) is 3.87. The summed E-state index contributed by atoms with van der Waals surface area (Å²) in [6, 6.07) is 6.27. The number of amidine groups is 1. The molecule has 0 radical (unpaired) electrons. The fraction of sp³-hybridized carbons (Fsp3) is 0.655. The van der Waals surface area contributed by atoms with E-state index in [-0.39, 0.29) is 0 Å². The van der Waals surface area contributed by atoms with E-state index in [4.69, 9.17) is 4.74 Å². The summed E-state index contributed by atoms with van der Waals surface area (Å²) in [6.45, 7) is 20.7. The van der Waals surface area contributed by atoms with E-state index in [9.17, 15) is 4.79 Å². The van der Waals surface area contributed by atoms with Crippen molar-refractivity contribution < 1.29 is 9.53 Å². The number of aryl methyl sites for hydroxylation is 1. The molecule has 0 unspecified atom stereocenters. The van der Waals surface area contributed by atoms with Gasteiger partial charge in [-0.1, -0.05) is 60.1 Å². The number of nitrogens with zero attached hydrogens (tertiary/aromatic N) is 2. The lowest BCUT2D eigenvalue weighted by Crippen LogP contribution is -2.26. The lowest BCUT2D eigenvalue weighted by Gasteiger charge is -2.19. The molecule has 0 bridgehead atoms. The third kappa shape index (κ3) is 15.7. The number of aldehydes is 1. The van der Waals surface area contributed by atoms with Crippen LogP contribution in [0.25, 0.3) is 0 Å². The average molecular weight is 476 g/mol. The van der Waals surface area contributed by atoms with Crippen LogP contribution in [-0.2, 0) is 17.8 Å². The smallest absolute Gasteiger partial charge is 0.120 e. The van der Waals surface area contributed by atoms with E-state index >= 15 is 0 Å². The molecule has 1 aliphatic rings. The maximum absolute atomic E-state index is 10.8. The Labute approximate surface area is 211 Å². The van der Waals surface area contributed by atoms with Crippen molar-refractivity contribution in [2.24, 2.45) is 4.99 Å². The molecule has 196 valence electrons. The number of nitrogens with one attached hydrogen (secondary N) is 1. The van der Waals surface area contributed by atoms with Crippen LogP contribution in [0.2, 0.25) is 0 Å². The van der Waals surface area contributed by atoms with Crippen LogP contribution in [-0.4, -0.2) is 50.3 Å². The topological polar surface area (TPSA) is 53.9 Å². The SMILES string of the molecule is CC.CC.CC.CCCN(C)Cc1cc(OCCCNC2=NCCC(C)=C2)ccc1CCC=O. The van der Waals surface area contributed by atoms with Gasteiger partial charge in [0.15, 0.2) is 0 Å². The summed E-state index contributed by atoms with van der Waals surface area (Å²) >= 11 is 0. The molecule has 0 fully saturated rings. The zero-order chi connectivity index (χ0) is 26.2. The van der Waals surface area contributed by atoms with Gasteiger partial charge in [-0.3, -0.25) is 4.99 Å². The predicted molar refractivity (Wildman–Crippen MR) is 150 cm³/mol. The molecule has 34 heavy (non-hydrogen) atoms. The molecule has 0 spiro atoms. The molecule has 1 heterocycles. The van der Waals surface area contributed by atoms with Crippen LogP contribution in [0, 0.1) is 0 Å². The Morgan fingerprint density at radius 2 is 1.82 bits per heavy atom. The molecule has 1 aromatic rings. The van der Waals surface area contributed by atoms with Crippen LogP contribution in [0.1, 0.15) is 92.2 Å². The minimum absolute atomic E-state index is 0.564. The maximum atomic E-state index is 10.8. The molecule has 0 saturated heterocycles. The largest absolute Gasteiger partial charge is 0.494 e. The van der Waals surface area contributed by atoms with E-state index in [1.807, 2.05) is 47.6 Å². The fourth-order valence-electron chi connectivity index (χ4n) is 3.34. The third-order valence-electron chi connectivity index (χ3n) is 4.82. The van der Waals surface area contributed by atoms with Crippen molar-refractivity contribution in [2.75, 3.05) is 33.3 Å². The van der Waals surface area contributed by atoms with Gasteiger partial charge in [-0.15, -0.1) is 0 Å². The molecule has 0 saturated carbocycles. The number of carbonyl (C=O) groups excluding carboxylic acids is 1. The number of dihydropyridines is 1. The molecular weight excluding hydrogens is 422 g/mol. The number of carbonyl (C=O) groups is 1. The van der Waals surface area contributed by atoms with Crippen molar-refractivity contribution in [3.8, 4) is 5.75 Å². The second-order valence-corrected chi connectivity index (χ2v) is 7.51. The molecule has 1 aromatic carbocycles. The standard InChI is InChI=1S/C23H35N3O2.3C2H6/c1-4-13-26(3)18-21-17-22(9-8-20(21)7-5-14-27)28-15-6-11-24-23-16-19(2)10-12-25-23;3*1-2/h8-9,14,16-17H,4-7,10-13,15,18H2,1-3H3,(H,24,25);3*1-2H3. The minimum atomic E-state index is 0.564. The van der Waals surface area contributed by atoms with Gasteiger partial charge in [0.2, 0.25) is 0 Å². The Hall–Kier alpha value is -2.14. The summed E-state index contributed by atoms with van der Waals surface area (Å²) in [6.07, 6.45) is 7.58. The number of benzene rings is 1. The molecule has 5 heteroatoms. The number of hydrogen-bond acceptors (Lipinski definition) is 5. The molecule has 0 aromatic heterocycles. The van der Waals surface area contributed by atoms with Gasteiger partial charge in [-0.05, 0) is 75.5 Å². The zero-order valence-corrected chi connectivity index (χ0v) is 23.7. The van der Waals surface area contributed by atoms with Crippen molar-refractivity contribution in [3.05, 3.63) is 41.0 Å². The number of hydrogen-bond donors (Lipinski definition) is 1. The summed E-state index contributed by atoms with van der Waals surface area (Å²) in [5.74, 6) is 1.89. The Kier molecular flexibility index (Phi) is 24.0. The van der Waals surface area contributed by atoms with Gasteiger partial charge in [-0.2, -0.15) is 0 Å². The molecule has 5 nitrogen and oxygen atoms in total. The van der Waals surface area contributed by atoms with Gasteiger partial charge in [0.25, 0.3) is 0 Å². The monoisotopic (exact) mass is 475 g/mol. The van der Waals surface area contributed by atoms with Crippen LogP contribution in [0.4, 0.5) is 0 Å². The second kappa shape index (κ2) is 24.0. The van der Waals surface area contributed by atoms with Crippen LogP contribution in [0.3, 0.4) is 0 Å². The number of aliphatic imine (C=N–C) groups is 1. The Balaban J connectivity index is 0. The van der Waals surface area contributed by atoms with Gasteiger partial charge in [-0.25, -0.2) is 0 Å². The van der Waals surface area contributed by atoms with Crippen LogP contribution in [0.5, 0.6) is 5.75 Å². The van der Waals surface area contributed by atoms with Crippen molar-refractivity contribution in [3.63, 3.8) is 0 Å². The Morgan fingerprint density at radius 1 is 1.12 bits per heavy atom. The van der Waals surface area contributed by atoms with E-state index in [1.165, 1.54) is 16.7 Å². The molecule has 0 amide bonds. The predicted octanol–water partition coefficient (Wildman–Crippen LogP) is 6.85. The van der Waals surface area contributed by atoms with E-state index < -0.39 is 0 Å². The van der Waals surface area contributed by atoms with Crippen LogP contribution < -0.4 is 10.1 Å². The van der Waals surface area contributed by atoms with Crippen molar-refractivity contribution in [1.29, 1.82) is 0 Å². The second-order valence-electron chi connectivity index (χ2n) is 7.51. The molecule has 1 aliphatic heterocycles. The highest BCUT2D eigenvalue weighted by Crippen LogP contribution is 2.21. The van der Waals surface area contributed by atoms with E-state index in [0.717, 1.165) is 69.7 Å². The van der Waals surface area contributed by atoms with Gasteiger partial charge in [0.1, 0.15) is 17.9 Å². The summed E-state index contributed by atoms with van der Waals surface area (Å²) in [5, 5.41) is 3.38. The quantitative estimate of drug-likeness (QED) is 0.265. The lowest BCUT2D eigenvalue weighted by atomic mass is 10.0.